The van der Waals surface area contributed by atoms with Gasteiger partial charge in [-0.2, -0.15) is 8.42 Å². The van der Waals surface area contributed by atoms with Crippen LogP contribution < -0.4 is 14.6 Å². The van der Waals surface area contributed by atoms with Gasteiger partial charge in [-0.3, -0.25) is 0 Å². The molecule has 0 radical (unpaired) electrons. The molecule has 0 aliphatic rings. The van der Waals surface area contributed by atoms with Crippen molar-refractivity contribution in [2.45, 2.75) is 34.6 Å². The molecule has 3 N–H and O–H groups in total. The summed E-state index contributed by atoms with van der Waals surface area (Å²) < 4.78 is 86.6. The Balaban J connectivity index is 2.22. The van der Waals surface area contributed by atoms with Gasteiger partial charge in [0.2, 0.25) is 10.0 Å². The molecule has 0 saturated heterocycles. The molecule has 3 rings (SSSR count). The number of sulfonamides is 1. The second-order valence-electron chi connectivity index (χ2n) is 6.94. The fourth-order valence-electron chi connectivity index (χ4n) is 2.97. The van der Waals surface area contributed by atoms with E-state index in [2.05, 4.69) is 5.32 Å². The first-order chi connectivity index (χ1) is 15.4. The molecule has 1 aromatic heterocycles. The third-order valence-electron chi connectivity index (χ3n) is 4.41. The summed E-state index contributed by atoms with van der Waals surface area (Å²) in [5, 5.41) is 8.04. The molecule has 0 saturated carbocycles. The number of furan rings is 1. The Kier molecular flexibility index (Phi) is 7.17. The first kappa shape index (κ1) is 24.8. The lowest BCUT2D eigenvalue weighted by Crippen LogP contribution is -2.21. The molecule has 33 heavy (non-hydrogen) atoms. The van der Waals surface area contributed by atoms with Gasteiger partial charge < -0.3 is 13.9 Å². The summed E-state index contributed by atoms with van der Waals surface area (Å²) in [6, 6.07) is 12.4. The van der Waals surface area contributed by atoms with E-state index in [0.29, 0.717) is 11.8 Å². The summed E-state index contributed by atoms with van der Waals surface area (Å²) in [5.41, 5.74) is -0.190. The predicted molar refractivity (Wildman–Crippen MR) is 120 cm³/mol. The zero-order chi connectivity index (χ0) is 24.3. The predicted octanol–water partition coefficient (Wildman–Crippen LogP) is 2.49. The molecule has 0 spiro atoms. The lowest BCUT2D eigenvalue weighted by atomic mass is 10.3. The number of para-hydroxylation sites is 1. The number of hydrogen-bond donors (Lipinski definition) is 2. The average molecular weight is 515 g/mol. The molecule has 0 aliphatic heterocycles. The van der Waals surface area contributed by atoms with Crippen molar-refractivity contribution in [2.24, 2.45) is 5.14 Å². The van der Waals surface area contributed by atoms with Crippen molar-refractivity contribution < 1.29 is 33.9 Å². The minimum absolute atomic E-state index is 0.0111. The van der Waals surface area contributed by atoms with Crippen molar-refractivity contribution in [2.75, 3.05) is 11.1 Å². The second kappa shape index (κ2) is 9.55. The maximum Gasteiger partial charge on any atom is 0.341 e. The summed E-state index contributed by atoms with van der Waals surface area (Å²) in [5.74, 6) is 0.0462. The van der Waals surface area contributed by atoms with E-state index in [1.165, 1.54) is 18.4 Å². The van der Waals surface area contributed by atoms with Crippen LogP contribution in [0.25, 0.3) is 0 Å². The number of hydrogen-bond acceptors (Lipinski definition) is 9. The van der Waals surface area contributed by atoms with Crippen LogP contribution in [-0.4, -0.2) is 31.0 Å². The SMILES string of the molecule is CCCS(=O)(=O)c1cc(NCc2ccco2)c(S(=O)(=O)Oc2ccccc2)cc1S(N)(=O)=O. The molecule has 0 aliphatic carbocycles. The van der Waals surface area contributed by atoms with E-state index >= 15 is 0 Å². The van der Waals surface area contributed by atoms with Crippen molar-refractivity contribution in [3.05, 3.63) is 66.6 Å². The normalized spacial score (nSPS) is 12.4. The Bertz CT molecular complexity index is 1430. The van der Waals surface area contributed by atoms with Crippen LogP contribution >= 0.6 is 0 Å². The number of sulfone groups is 1. The van der Waals surface area contributed by atoms with E-state index in [0.717, 1.165) is 6.07 Å². The minimum atomic E-state index is -4.61. The third-order valence-corrected chi connectivity index (χ3v) is 8.73. The van der Waals surface area contributed by atoms with Crippen LogP contribution in [0.5, 0.6) is 5.75 Å². The number of primary sulfonamides is 1. The molecule has 0 atom stereocenters. The van der Waals surface area contributed by atoms with E-state index in [-0.39, 0.29) is 30.2 Å². The van der Waals surface area contributed by atoms with Crippen molar-refractivity contribution in [3.63, 3.8) is 0 Å². The summed E-state index contributed by atoms with van der Waals surface area (Å²) in [6.07, 6.45) is 1.62. The highest BCUT2D eigenvalue weighted by atomic mass is 32.2. The monoisotopic (exact) mass is 514 g/mol. The molecule has 10 nitrogen and oxygen atoms in total. The van der Waals surface area contributed by atoms with Crippen LogP contribution in [0.4, 0.5) is 5.69 Å². The summed E-state index contributed by atoms with van der Waals surface area (Å²) in [4.78, 5) is -2.04. The number of nitrogens with two attached hydrogens (primary N) is 1. The van der Waals surface area contributed by atoms with Gasteiger partial charge in [-0.1, -0.05) is 25.1 Å². The van der Waals surface area contributed by atoms with Crippen LogP contribution in [-0.2, 0) is 36.5 Å². The molecule has 0 amide bonds. The van der Waals surface area contributed by atoms with Crippen molar-refractivity contribution >= 4 is 35.7 Å². The fraction of sp³-hybridized carbons (Fsp3) is 0.200. The molecule has 0 fully saturated rings. The third kappa shape index (κ3) is 5.93. The van der Waals surface area contributed by atoms with Crippen molar-refractivity contribution in [1.82, 2.24) is 0 Å². The highest BCUT2D eigenvalue weighted by molar-refractivity contribution is 7.93. The highest BCUT2D eigenvalue weighted by Crippen LogP contribution is 2.33. The van der Waals surface area contributed by atoms with Gasteiger partial charge in [0.1, 0.15) is 21.3 Å². The van der Waals surface area contributed by atoms with Gasteiger partial charge in [0.25, 0.3) is 0 Å². The molecule has 13 heteroatoms. The Morgan fingerprint density at radius 3 is 2.18 bits per heavy atom. The number of anilines is 1. The van der Waals surface area contributed by atoms with Gasteiger partial charge in [0, 0.05) is 0 Å². The van der Waals surface area contributed by atoms with Crippen LogP contribution in [0.15, 0.2) is 80.0 Å². The maximum absolute atomic E-state index is 13.1. The standard InChI is InChI=1S/C20H22N2O8S3/c1-2-11-31(23,24)19-12-17(22-14-16-9-6-10-29-16)18(13-20(19)32(21,25)26)33(27,28)30-15-7-4-3-5-8-15/h3-10,12-13,22H,2,11,14H2,1H3,(H2,21,25,26). The lowest BCUT2D eigenvalue weighted by molar-refractivity contribution is 0.485. The smallest absolute Gasteiger partial charge is 0.341 e. The second-order valence-corrected chi connectivity index (χ2v) is 12.1. The Morgan fingerprint density at radius 2 is 1.61 bits per heavy atom. The van der Waals surface area contributed by atoms with E-state index in [1.807, 2.05) is 0 Å². The summed E-state index contributed by atoms with van der Waals surface area (Å²) in [7, 11) is -13.3. The van der Waals surface area contributed by atoms with Gasteiger partial charge >= 0.3 is 10.1 Å². The minimum Gasteiger partial charge on any atom is -0.467 e. The van der Waals surface area contributed by atoms with Gasteiger partial charge in [0.05, 0.1) is 29.1 Å². The first-order valence-electron chi connectivity index (χ1n) is 9.63. The van der Waals surface area contributed by atoms with E-state index in [4.69, 9.17) is 13.7 Å². The van der Waals surface area contributed by atoms with Crippen LogP contribution in [0.3, 0.4) is 0 Å². The fourth-order valence-corrected chi connectivity index (χ4v) is 6.94. The molecule has 0 bridgehead atoms. The van der Waals surface area contributed by atoms with Crippen LogP contribution in [0, 0.1) is 0 Å². The quantitative estimate of drug-likeness (QED) is 0.387. The first-order valence-corrected chi connectivity index (χ1v) is 14.2. The van der Waals surface area contributed by atoms with Crippen molar-refractivity contribution in [3.8, 4) is 5.75 Å². The van der Waals surface area contributed by atoms with Crippen LogP contribution in [0.2, 0.25) is 0 Å². The molecular formula is C20H22N2O8S3. The zero-order valence-electron chi connectivity index (χ0n) is 17.5. The number of benzene rings is 2. The molecule has 2 aromatic carbocycles. The molecule has 3 aromatic rings. The maximum atomic E-state index is 13.1. The van der Waals surface area contributed by atoms with E-state index in [1.54, 1.807) is 37.3 Å². The highest BCUT2D eigenvalue weighted by Gasteiger charge is 2.31. The molecular weight excluding hydrogens is 492 g/mol. The van der Waals surface area contributed by atoms with E-state index < -0.39 is 44.7 Å². The largest absolute Gasteiger partial charge is 0.467 e. The van der Waals surface area contributed by atoms with Gasteiger partial charge in [-0.15, -0.1) is 0 Å². The Labute approximate surface area is 192 Å². The van der Waals surface area contributed by atoms with E-state index in [9.17, 15) is 25.3 Å². The zero-order valence-corrected chi connectivity index (χ0v) is 19.9. The molecule has 1 heterocycles. The Morgan fingerprint density at radius 1 is 0.909 bits per heavy atom. The van der Waals surface area contributed by atoms with Gasteiger partial charge in [0.15, 0.2) is 9.84 Å². The summed E-state index contributed by atoms with van der Waals surface area (Å²) >= 11 is 0. The average Bonchev–Trinajstić information content (AvgIpc) is 3.25. The van der Waals surface area contributed by atoms with Gasteiger partial charge in [-0.25, -0.2) is 22.0 Å². The lowest BCUT2D eigenvalue weighted by Gasteiger charge is -2.17. The van der Waals surface area contributed by atoms with Gasteiger partial charge in [-0.05, 0) is 42.8 Å². The molecule has 178 valence electrons. The molecule has 0 unspecified atom stereocenters. The van der Waals surface area contributed by atoms with Crippen LogP contribution in [0.1, 0.15) is 19.1 Å². The summed E-state index contributed by atoms with van der Waals surface area (Å²) in [6.45, 7) is 1.60. The topological polar surface area (TPSA) is 163 Å². The number of rotatable bonds is 10. The number of nitrogens with one attached hydrogen (secondary N) is 1. The van der Waals surface area contributed by atoms with Crippen molar-refractivity contribution in [1.29, 1.82) is 0 Å². The Hall–Kier alpha value is -2.87.